The van der Waals surface area contributed by atoms with Crippen molar-refractivity contribution in [1.82, 2.24) is 14.7 Å². The molecule has 1 aromatic carbocycles. The summed E-state index contributed by atoms with van der Waals surface area (Å²) in [7, 11) is 3.15. The Morgan fingerprint density at radius 3 is 2.59 bits per heavy atom. The Labute approximate surface area is 171 Å². The summed E-state index contributed by atoms with van der Waals surface area (Å²) < 4.78 is 10.6. The minimum Gasteiger partial charge on any atom is -0.493 e. The van der Waals surface area contributed by atoms with Crippen molar-refractivity contribution in [1.29, 1.82) is 0 Å². The van der Waals surface area contributed by atoms with E-state index in [4.69, 9.17) is 14.5 Å². The third-order valence-electron chi connectivity index (χ3n) is 5.60. The van der Waals surface area contributed by atoms with Crippen LogP contribution in [0.4, 0.5) is 0 Å². The molecular formula is C21H27N5O3. The first kappa shape index (κ1) is 19.3. The molecule has 0 radical (unpaired) electrons. The van der Waals surface area contributed by atoms with Gasteiger partial charge in [-0.3, -0.25) is 9.79 Å². The van der Waals surface area contributed by atoms with Gasteiger partial charge >= 0.3 is 0 Å². The monoisotopic (exact) mass is 397 g/mol. The van der Waals surface area contributed by atoms with Gasteiger partial charge in [0.2, 0.25) is 0 Å². The van der Waals surface area contributed by atoms with Crippen molar-refractivity contribution in [3.8, 4) is 11.5 Å². The van der Waals surface area contributed by atoms with Crippen LogP contribution in [0.2, 0.25) is 0 Å². The number of benzene rings is 1. The number of carbonyl (C=O) groups excluding carboxylic acids is 1. The molecule has 1 atom stereocenters. The maximum atomic E-state index is 12.9. The molecule has 29 heavy (non-hydrogen) atoms. The lowest BCUT2D eigenvalue weighted by Gasteiger charge is -2.37. The van der Waals surface area contributed by atoms with E-state index in [0.29, 0.717) is 36.2 Å². The molecule has 0 spiro atoms. The molecule has 0 aromatic heterocycles. The number of piperazine rings is 1. The number of aliphatic imine (C=N–C) groups is 2. The van der Waals surface area contributed by atoms with Crippen molar-refractivity contribution in [2.45, 2.75) is 19.4 Å². The van der Waals surface area contributed by atoms with Gasteiger partial charge in [0.05, 0.1) is 26.6 Å². The summed E-state index contributed by atoms with van der Waals surface area (Å²) in [6.07, 6.45) is 4.97. The average molecular weight is 397 g/mol. The number of rotatable bonds is 5. The zero-order chi connectivity index (χ0) is 20.4. The second kappa shape index (κ2) is 8.14. The van der Waals surface area contributed by atoms with E-state index >= 15 is 0 Å². The SMILES string of the molecule is CCC1CN2C=NC(N3CCN(C(=O)c4ccc(OC)c(OC)c4)CC3)=CC2=N1. The van der Waals surface area contributed by atoms with Crippen molar-refractivity contribution < 1.29 is 14.3 Å². The van der Waals surface area contributed by atoms with E-state index in [1.807, 2.05) is 11.2 Å². The molecule has 154 valence electrons. The minimum atomic E-state index is 0.00357. The molecule has 4 rings (SSSR count). The Bertz CT molecular complexity index is 871. The lowest BCUT2D eigenvalue weighted by molar-refractivity contribution is 0.0668. The van der Waals surface area contributed by atoms with Crippen LogP contribution in [0.5, 0.6) is 11.5 Å². The number of fused-ring (bicyclic) bond motifs is 1. The Balaban J connectivity index is 1.40. The number of ether oxygens (including phenoxy) is 2. The molecule has 1 unspecified atom stereocenters. The van der Waals surface area contributed by atoms with E-state index in [-0.39, 0.29) is 5.91 Å². The lowest BCUT2D eigenvalue weighted by Crippen LogP contribution is -2.48. The second-order valence-corrected chi connectivity index (χ2v) is 7.30. The van der Waals surface area contributed by atoms with Crippen LogP contribution >= 0.6 is 0 Å². The topological polar surface area (TPSA) is 70.0 Å². The van der Waals surface area contributed by atoms with Gasteiger partial charge in [-0.1, -0.05) is 6.92 Å². The van der Waals surface area contributed by atoms with E-state index in [9.17, 15) is 4.79 Å². The van der Waals surface area contributed by atoms with Gasteiger partial charge in [-0.25, -0.2) is 4.99 Å². The molecule has 1 saturated heterocycles. The van der Waals surface area contributed by atoms with E-state index in [1.165, 1.54) is 0 Å². The molecule has 3 aliphatic rings. The van der Waals surface area contributed by atoms with Crippen molar-refractivity contribution in [3.05, 3.63) is 35.7 Å². The van der Waals surface area contributed by atoms with Crippen LogP contribution in [-0.4, -0.2) is 85.8 Å². The van der Waals surface area contributed by atoms with E-state index in [2.05, 4.69) is 27.8 Å². The average Bonchev–Trinajstić information content (AvgIpc) is 3.20. The molecular weight excluding hydrogens is 370 g/mol. The maximum absolute atomic E-state index is 12.9. The molecule has 1 aromatic rings. The molecule has 3 heterocycles. The van der Waals surface area contributed by atoms with Gasteiger partial charge in [-0.2, -0.15) is 0 Å². The highest BCUT2D eigenvalue weighted by molar-refractivity contribution is 6.03. The Kier molecular flexibility index (Phi) is 5.42. The molecule has 0 aliphatic carbocycles. The van der Waals surface area contributed by atoms with Gasteiger partial charge in [-0.15, -0.1) is 0 Å². The molecule has 0 saturated carbocycles. The van der Waals surface area contributed by atoms with Crippen molar-refractivity contribution in [2.24, 2.45) is 9.98 Å². The third kappa shape index (κ3) is 3.79. The number of hydrogen-bond donors (Lipinski definition) is 0. The van der Waals surface area contributed by atoms with Crippen LogP contribution in [0.3, 0.4) is 0 Å². The predicted molar refractivity (Wildman–Crippen MR) is 112 cm³/mol. The molecule has 3 aliphatic heterocycles. The van der Waals surface area contributed by atoms with Crippen LogP contribution in [0.25, 0.3) is 0 Å². The van der Waals surface area contributed by atoms with Gasteiger partial charge < -0.3 is 24.2 Å². The van der Waals surface area contributed by atoms with Crippen LogP contribution in [0.15, 0.2) is 40.1 Å². The zero-order valence-electron chi connectivity index (χ0n) is 17.2. The van der Waals surface area contributed by atoms with Gasteiger partial charge in [0, 0.05) is 44.4 Å². The first-order valence-corrected chi connectivity index (χ1v) is 9.99. The van der Waals surface area contributed by atoms with E-state index in [0.717, 1.165) is 37.7 Å². The van der Waals surface area contributed by atoms with Gasteiger partial charge in [0.15, 0.2) is 11.5 Å². The van der Waals surface area contributed by atoms with Crippen LogP contribution in [-0.2, 0) is 0 Å². The van der Waals surface area contributed by atoms with Gasteiger partial charge in [0.1, 0.15) is 11.7 Å². The van der Waals surface area contributed by atoms with E-state index < -0.39 is 0 Å². The van der Waals surface area contributed by atoms with Crippen molar-refractivity contribution in [2.75, 3.05) is 46.9 Å². The molecule has 8 heteroatoms. The van der Waals surface area contributed by atoms with Gasteiger partial charge in [-0.05, 0) is 24.6 Å². The standard InChI is InChI=1S/C21H27N5O3/c1-4-16-13-26-14-22-19(12-20(26)23-16)24-7-9-25(10-8-24)21(27)15-5-6-17(28-2)18(11-15)29-3/h5-6,11-12,14,16H,4,7-10,13H2,1-3H3. The first-order chi connectivity index (χ1) is 14.1. The summed E-state index contributed by atoms with van der Waals surface area (Å²) in [5.41, 5.74) is 0.604. The summed E-state index contributed by atoms with van der Waals surface area (Å²) in [5.74, 6) is 3.10. The van der Waals surface area contributed by atoms with Crippen LogP contribution in [0.1, 0.15) is 23.7 Å². The Hall–Kier alpha value is -3.03. The quantitative estimate of drug-likeness (QED) is 0.758. The maximum Gasteiger partial charge on any atom is 0.254 e. The fourth-order valence-electron chi connectivity index (χ4n) is 3.81. The molecule has 1 fully saturated rings. The summed E-state index contributed by atoms with van der Waals surface area (Å²) in [4.78, 5) is 28.5. The number of hydrogen-bond acceptors (Lipinski definition) is 7. The summed E-state index contributed by atoms with van der Waals surface area (Å²) in [5, 5.41) is 0. The highest BCUT2D eigenvalue weighted by Gasteiger charge is 2.28. The summed E-state index contributed by atoms with van der Waals surface area (Å²) >= 11 is 0. The zero-order valence-corrected chi connectivity index (χ0v) is 17.2. The summed E-state index contributed by atoms with van der Waals surface area (Å²) in [6.45, 7) is 5.84. The molecule has 8 nitrogen and oxygen atoms in total. The minimum absolute atomic E-state index is 0.00357. The fourth-order valence-corrected chi connectivity index (χ4v) is 3.81. The molecule has 0 bridgehead atoms. The lowest BCUT2D eigenvalue weighted by atomic mass is 10.1. The predicted octanol–water partition coefficient (Wildman–Crippen LogP) is 1.84. The van der Waals surface area contributed by atoms with Crippen molar-refractivity contribution in [3.63, 3.8) is 0 Å². The summed E-state index contributed by atoms with van der Waals surface area (Å²) in [6, 6.07) is 5.63. The molecule has 1 amide bonds. The second-order valence-electron chi connectivity index (χ2n) is 7.30. The smallest absolute Gasteiger partial charge is 0.254 e. The highest BCUT2D eigenvalue weighted by atomic mass is 16.5. The number of nitrogens with zero attached hydrogens (tertiary/aromatic N) is 5. The first-order valence-electron chi connectivity index (χ1n) is 9.99. The number of amidine groups is 1. The number of carbonyl (C=O) groups is 1. The van der Waals surface area contributed by atoms with E-state index in [1.54, 1.807) is 32.4 Å². The van der Waals surface area contributed by atoms with Gasteiger partial charge in [0.25, 0.3) is 5.91 Å². The third-order valence-corrected chi connectivity index (χ3v) is 5.60. The van der Waals surface area contributed by atoms with Crippen LogP contribution < -0.4 is 9.47 Å². The fraction of sp³-hybridized carbons (Fsp3) is 0.476. The Morgan fingerprint density at radius 2 is 1.90 bits per heavy atom. The number of methoxy groups -OCH3 is 2. The van der Waals surface area contributed by atoms with Crippen molar-refractivity contribution >= 4 is 18.1 Å². The highest BCUT2D eigenvalue weighted by Crippen LogP contribution is 2.28. The Morgan fingerprint density at radius 1 is 1.14 bits per heavy atom. The van der Waals surface area contributed by atoms with Crippen LogP contribution in [0, 0.1) is 0 Å². The molecule has 0 N–H and O–H groups in total. The normalized spacial score (nSPS) is 20.9. The number of amides is 1. The largest absolute Gasteiger partial charge is 0.493 e.